The Morgan fingerprint density at radius 1 is 0.654 bits per heavy atom. The molecule has 0 aliphatic rings. The van der Waals surface area contributed by atoms with Gasteiger partial charge in [0.2, 0.25) is 0 Å². The number of guanidine groups is 1. The van der Waals surface area contributed by atoms with Gasteiger partial charge in [-0.1, -0.05) is 0 Å². The summed E-state index contributed by atoms with van der Waals surface area (Å²) in [5.41, 5.74) is 8.94. The first kappa shape index (κ1) is 49.6. The van der Waals surface area contributed by atoms with E-state index in [4.69, 9.17) is 82.0 Å². The van der Waals surface area contributed by atoms with Crippen LogP contribution in [-0.2, 0) is 0 Å². The molecule has 0 spiro atoms. The quantitative estimate of drug-likeness (QED) is 0.0705. The van der Waals surface area contributed by atoms with E-state index >= 15 is 0 Å². The molecule has 0 saturated heterocycles. The van der Waals surface area contributed by atoms with Crippen molar-refractivity contribution in [3.63, 3.8) is 0 Å². The van der Waals surface area contributed by atoms with Crippen LogP contribution in [0.5, 0.6) is 0 Å². The zero-order chi connectivity index (χ0) is 21.5. The monoisotopic (exact) mass is 482 g/mol. The van der Waals surface area contributed by atoms with Gasteiger partial charge < -0.3 is 67.8 Å². The second-order valence-corrected chi connectivity index (χ2v) is 1.60. The van der Waals surface area contributed by atoms with Crippen LogP contribution in [0.1, 0.15) is 0 Å². The van der Waals surface area contributed by atoms with Gasteiger partial charge in [0, 0.05) is 0 Å². The van der Waals surface area contributed by atoms with Crippen LogP contribution in [0.15, 0.2) is 0 Å². The summed E-state index contributed by atoms with van der Waals surface area (Å²) in [5.74, 6) is -0.333. The van der Waals surface area contributed by atoms with Gasteiger partial charge in [-0.3, -0.25) is 5.41 Å². The van der Waals surface area contributed by atoms with Crippen molar-refractivity contribution in [3.8, 4) is 0 Å². The average Bonchev–Trinajstić information content (AvgIpc) is 2.08. The van der Waals surface area contributed by atoms with Crippen LogP contribution >= 0.6 is 0 Å². The minimum atomic E-state index is -1.75. The Balaban J connectivity index is -0.0000000245. The third kappa shape index (κ3) is 1850. The molecule has 0 aliphatic carbocycles. The molecule has 25 heteroatoms. The third-order valence-corrected chi connectivity index (χ3v) is 0. The van der Waals surface area contributed by atoms with E-state index in [1.54, 1.807) is 0 Å². The van der Waals surface area contributed by atoms with E-state index < -0.39 is 25.4 Å². The number of rotatable bonds is 0. The Bertz CT molecular complexity index is 271. The van der Waals surface area contributed by atoms with E-state index in [0.717, 1.165) is 0 Å². The van der Waals surface area contributed by atoms with Gasteiger partial charge >= 0.3 is 75.0 Å². The molecule has 0 amide bonds. The van der Waals surface area contributed by atoms with Crippen LogP contribution in [0.25, 0.3) is 0 Å². The van der Waals surface area contributed by atoms with Crippen molar-refractivity contribution in [2.75, 3.05) is 0 Å². The Labute approximate surface area is 198 Å². The van der Waals surface area contributed by atoms with Crippen molar-refractivity contribution < 1.29 is 65.4 Å². The molecule has 0 atom stereocenters. The van der Waals surface area contributed by atoms with Crippen molar-refractivity contribution in [1.82, 2.24) is 0 Å². The zero-order valence-electron chi connectivity index (χ0n) is 12.3. The molecule has 0 aromatic carbocycles. The molecule has 144 valence electrons. The first-order valence-corrected chi connectivity index (χ1v) is 3.60. The summed E-state index contributed by atoms with van der Waals surface area (Å²) in [5, 5.41) is 77.6. The number of nitrogens with one attached hydrogen (secondary N) is 1. The molecule has 0 radical (unpaired) electrons. The summed E-state index contributed by atoms with van der Waals surface area (Å²) in [4.78, 5) is 41.5. The molecule has 0 fully saturated rings. The predicted molar refractivity (Wildman–Crippen MR) is 70.5 cm³/mol. The van der Waals surface area contributed by atoms with E-state index in [-0.39, 0.29) is 81.0 Å². The largest absolute Gasteiger partial charge is 2.00 e. The van der Waals surface area contributed by atoms with Crippen LogP contribution in [0.4, 0.5) is 0 Å². The maximum Gasteiger partial charge on any atom is 2.00 e. The average molecular weight is 482 g/mol. The Morgan fingerprint density at radius 2 is 0.654 bits per heavy atom. The van der Waals surface area contributed by atoms with Crippen molar-refractivity contribution in [2.24, 2.45) is 11.5 Å². The Kier molecular flexibility index (Phi) is 82.7. The number of nitrogens with two attached hydrogens (primary N) is 2. The van der Waals surface area contributed by atoms with Crippen LogP contribution in [0.2, 0.25) is 0 Å². The van der Waals surface area contributed by atoms with Gasteiger partial charge in [0.05, 0.1) is 15.3 Å². The van der Waals surface area contributed by atoms with Crippen LogP contribution in [0, 0.1) is 71.6 Å². The van der Waals surface area contributed by atoms with E-state index in [1.165, 1.54) is 0 Å². The fourth-order valence-corrected chi connectivity index (χ4v) is 0. The van der Waals surface area contributed by atoms with E-state index in [9.17, 15) is 0 Å². The number of nitrogens with zero attached hydrogens (tertiary/aromatic N) is 5. The molecule has 0 bridgehead atoms. The van der Waals surface area contributed by atoms with Crippen LogP contribution in [0.3, 0.4) is 0 Å². The second-order valence-electron chi connectivity index (χ2n) is 1.60. The molecule has 0 aliphatic heterocycles. The normalized spacial score (nSPS) is 5.54. The molecule has 0 unspecified atom stereocenters. The third-order valence-electron chi connectivity index (χ3n) is 0. The van der Waals surface area contributed by atoms with Crippen LogP contribution < -0.4 is 41.0 Å². The van der Waals surface area contributed by atoms with Gasteiger partial charge in [0.1, 0.15) is 0 Å². The summed E-state index contributed by atoms with van der Waals surface area (Å²) in [6.45, 7) is 0. The first-order valence-electron chi connectivity index (χ1n) is 3.60. The summed E-state index contributed by atoms with van der Waals surface area (Å²) in [7, 11) is 0. The van der Waals surface area contributed by atoms with Gasteiger partial charge in [-0.05, 0) is 0 Å². The molecule has 0 saturated carbocycles. The zero-order valence-corrected chi connectivity index (χ0v) is 17.8. The molecule has 0 aromatic heterocycles. The van der Waals surface area contributed by atoms with E-state index in [0.29, 0.717) is 0 Å². The van der Waals surface area contributed by atoms with Gasteiger partial charge in [-0.25, -0.2) is 0 Å². The fourth-order valence-electron chi connectivity index (χ4n) is 0. The Hall–Kier alpha value is -2.25. The summed E-state index contributed by atoms with van der Waals surface area (Å²) >= 11 is 0. The van der Waals surface area contributed by atoms with Crippen molar-refractivity contribution in [2.45, 2.75) is 0 Å². The molecule has 0 heterocycles. The number of hydrogen-bond acceptors (Lipinski definition) is 14. The first-order chi connectivity index (χ1) is 10.4. The second kappa shape index (κ2) is 43.4. The molecule has 7 N–H and O–H groups in total. The molecular formula is CH7N8NaO15Sr. The number of hydrogen-bond donors (Lipinski definition) is 5. The van der Waals surface area contributed by atoms with Crippen molar-refractivity contribution >= 4 is 51.4 Å². The summed E-state index contributed by atoms with van der Waals surface area (Å²) in [6.07, 6.45) is 0. The Morgan fingerprint density at radius 3 is 0.654 bits per heavy atom. The maximum atomic E-state index is 8.36. The molecule has 0 aromatic rings. The van der Waals surface area contributed by atoms with Gasteiger partial charge in [0.15, 0.2) is 5.96 Å². The minimum Gasteiger partial charge on any atom is -0.370 e. The smallest absolute Gasteiger partial charge is 0.370 e. The van der Waals surface area contributed by atoms with Gasteiger partial charge in [-0.15, -0.1) is 20.2 Å². The molecular weight excluding hydrogens is 475 g/mol. The predicted octanol–water partition coefficient (Wildman–Crippen LogP) is -5.95. The van der Waals surface area contributed by atoms with E-state index in [1.807, 2.05) is 0 Å². The van der Waals surface area contributed by atoms with E-state index in [2.05, 4.69) is 11.5 Å². The standard InChI is InChI=1S/CH5N3.2HNO3.3NO3.Na.Sr/c6*2-1(3)4;;/h(H5,2,3,4);2*(H,2,3,4);;;;;/q;;;3*-1;+1;+2. The maximum absolute atomic E-state index is 8.36. The molecule has 26 heavy (non-hydrogen) atoms. The van der Waals surface area contributed by atoms with Gasteiger partial charge in [0.25, 0.3) is 10.2 Å². The fraction of sp³-hybridized carbons (Fsp3) is 0. The summed E-state index contributed by atoms with van der Waals surface area (Å²) < 4.78 is 0. The minimum absolute atomic E-state index is 0. The summed E-state index contributed by atoms with van der Waals surface area (Å²) in [6, 6.07) is 0. The van der Waals surface area contributed by atoms with Crippen molar-refractivity contribution in [3.05, 3.63) is 66.2 Å². The van der Waals surface area contributed by atoms with Crippen LogP contribution in [-0.4, -0.2) is 87.3 Å². The topological polar surface area (TPSA) is 401 Å². The SMILES string of the molecule is N=C(N)N.O=[N+]([O-])O.O=[N+]([O-])O.O=[N+]([O-])[O-].O=[N+]([O-])[O-].O=[N+]([O-])[O-].[Na+].[Sr+2]. The molecule has 0 rings (SSSR count). The molecule has 23 nitrogen and oxygen atoms in total. The van der Waals surface area contributed by atoms with Crippen molar-refractivity contribution in [1.29, 1.82) is 5.41 Å². The van der Waals surface area contributed by atoms with Gasteiger partial charge in [-0.2, -0.15) is 0 Å².